The number of benzene rings is 1. The largest absolute Gasteiger partial charge is 0.456 e. The molecule has 3 amide bonds. The minimum absolute atomic E-state index is 0.136. The van der Waals surface area contributed by atoms with E-state index >= 15 is 0 Å². The molecule has 1 aromatic rings. The minimum Gasteiger partial charge on any atom is -0.456 e. The molecular formula is C22H26N2O6. The maximum Gasteiger partial charge on any atom is 0.329 e. The summed E-state index contributed by atoms with van der Waals surface area (Å²) in [5.74, 6) is -2.64. The molecule has 1 saturated carbocycles. The molecule has 3 atom stereocenters. The highest BCUT2D eigenvalue weighted by Crippen LogP contribution is 2.38. The molecule has 0 bridgehead atoms. The number of carbonyl (C=O) groups is 5. The highest BCUT2D eigenvalue weighted by atomic mass is 16.5. The third kappa shape index (κ3) is 4.42. The van der Waals surface area contributed by atoms with Gasteiger partial charge in [-0.1, -0.05) is 19.8 Å². The van der Waals surface area contributed by atoms with Crippen LogP contribution in [0.15, 0.2) is 24.3 Å². The third-order valence-corrected chi connectivity index (χ3v) is 5.76. The second kappa shape index (κ2) is 9.19. The van der Waals surface area contributed by atoms with Crippen molar-refractivity contribution in [3.8, 4) is 0 Å². The topological polar surface area (TPSA) is 110 Å². The zero-order valence-corrected chi connectivity index (χ0v) is 17.2. The molecule has 160 valence electrons. The minimum atomic E-state index is -1.06. The zero-order chi connectivity index (χ0) is 21.8. The number of amides is 3. The van der Waals surface area contributed by atoms with Crippen molar-refractivity contribution < 1.29 is 28.7 Å². The summed E-state index contributed by atoms with van der Waals surface area (Å²) in [6.45, 7) is 2.69. The Bertz CT molecular complexity index is 839. The van der Waals surface area contributed by atoms with E-state index in [0.717, 1.165) is 17.7 Å². The second-order valence-corrected chi connectivity index (χ2v) is 7.73. The summed E-state index contributed by atoms with van der Waals surface area (Å²) in [5.41, 5.74) is 0.890. The molecule has 2 aliphatic rings. The first-order valence-electron chi connectivity index (χ1n) is 10.3. The van der Waals surface area contributed by atoms with E-state index in [1.54, 1.807) is 19.1 Å². The van der Waals surface area contributed by atoms with Crippen LogP contribution in [0.5, 0.6) is 0 Å². The van der Waals surface area contributed by atoms with Gasteiger partial charge in [0.2, 0.25) is 17.7 Å². The molecule has 1 aromatic carbocycles. The van der Waals surface area contributed by atoms with Crippen molar-refractivity contribution in [1.82, 2.24) is 4.90 Å². The van der Waals surface area contributed by atoms with Crippen molar-refractivity contribution in [2.24, 2.45) is 11.8 Å². The van der Waals surface area contributed by atoms with Crippen molar-refractivity contribution in [2.75, 3.05) is 11.9 Å². The number of hydrogen-bond donors (Lipinski definition) is 1. The Morgan fingerprint density at radius 1 is 1.07 bits per heavy atom. The molecule has 0 spiro atoms. The highest BCUT2D eigenvalue weighted by Gasteiger charge is 2.51. The number of fused-ring (bicyclic) bond motifs is 1. The second-order valence-electron chi connectivity index (χ2n) is 7.73. The van der Waals surface area contributed by atoms with Crippen LogP contribution in [0.3, 0.4) is 0 Å². The molecule has 1 N–H and O–H groups in total. The summed E-state index contributed by atoms with van der Waals surface area (Å²) in [5, 5.41) is 2.68. The summed E-state index contributed by atoms with van der Waals surface area (Å²) < 4.78 is 5.09. The van der Waals surface area contributed by atoms with E-state index in [4.69, 9.17) is 4.74 Å². The number of esters is 1. The van der Waals surface area contributed by atoms with Crippen molar-refractivity contribution in [3.05, 3.63) is 29.8 Å². The third-order valence-electron chi connectivity index (χ3n) is 5.76. The summed E-state index contributed by atoms with van der Waals surface area (Å²) >= 11 is 0. The number of imide groups is 1. The number of likely N-dealkylation sites (tertiary alicyclic amines) is 1. The molecule has 1 aliphatic carbocycles. The van der Waals surface area contributed by atoms with Crippen molar-refractivity contribution >= 4 is 35.2 Å². The lowest BCUT2D eigenvalue weighted by Crippen LogP contribution is -2.44. The molecule has 1 heterocycles. The van der Waals surface area contributed by atoms with E-state index in [0.29, 0.717) is 30.5 Å². The predicted octanol–water partition coefficient (Wildman–Crippen LogP) is 2.32. The molecule has 8 heteroatoms. The fourth-order valence-corrected chi connectivity index (χ4v) is 4.00. The summed E-state index contributed by atoms with van der Waals surface area (Å²) in [6.07, 6.45) is 3.49. The Balaban J connectivity index is 1.56. The Labute approximate surface area is 174 Å². The smallest absolute Gasteiger partial charge is 0.329 e. The molecule has 30 heavy (non-hydrogen) atoms. The SMILES string of the molecule is CCC(=O)Nc1ccc(C(=O)COC(=O)[C@H](C)N2C(=O)[C@@H]3CCCC[C@H]3C2=O)cc1. The maximum atomic E-state index is 12.6. The van der Waals surface area contributed by atoms with E-state index in [9.17, 15) is 24.0 Å². The van der Waals surface area contributed by atoms with E-state index in [1.165, 1.54) is 19.1 Å². The standard InChI is InChI=1S/C22H26N2O6/c1-3-19(26)23-15-10-8-14(9-11-15)18(25)12-30-22(29)13(2)24-20(27)16-6-4-5-7-17(16)21(24)28/h8-11,13,16-17H,3-7,12H2,1-2H3,(H,23,26)/t13-,16+,17+/m0/s1. The molecular weight excluding hydrogens is 388 g/mol. The zero-order valence-electron chi connectivity index (χ0n) is 17.2. The Hall–Kier alpha value is -3.03. The van der Waals surface area contributed by atoms with Gasteiger partial charge in [0.05, 0.1) is 11.8 Å². The van der Waals surface area contributed by atoms with Crippen molar-refractivity contribution in [3.63, 3.8) is 0 Å². The van der Waals surface area contributed by atoms with E-state index in [-0.39, 0.29) is 29.6 Å². The summed E-state index contributed by atoms with van der Waals surface area (Å²) in [6, 6.07) is 5.19. The van der Waals surface area contributed by atoms with Crippen LogP contribution in [0.2, 0.25) is 0 Å². The van der Waals surface area contributed by atoms with E-state index in [1.807, 2.05) is 0 Å². The molecule has 0 aromatic heterocycles. The van der Waals surface area contributed by atoms with Crippen LogP contribution < -0.4 is 5.32 Å². The number of hydrogen-bond acceptors (Lipinski definition) is 6. The lowest BCUT2D eigenvalue weighted by atomic mass is 9.81. The molecule has 1 saturated heterocycles. The van der Waals surface area contributed by atoms with E-state index in [2.05, 4.69) is 5.32 Å². The van der Waals surface area contributed by atoms with Gasteiger partial charge in [-0.2, -0.15) is 0 Å². The van der Waals surface area contributed by atoms with Crippen LogP contribution in [0, 0.1) is 11.8 Å². The normalized spacial score (nSPS) is 21.7. The van der Waals surface area contributed by atoms with Gasteiger partial charge in [0.25, 0.3) is 0 Å². The quantitative estimate of drug-likeness (QED) is 0.417. The average molecular weight is 414 g/mol. The molecule has 2 fully saturated rings. The Morgan fingerprint density at radius 3 is 2.17 bits per heavy atom. The van der Waals surface area contributed by atoms with Crippen LogP contribution in [-0.2, 0) is 23.9 Å². The first kappa shape index (κ1) is 21.7. The monoisotopic (exact) mass is 414 g/mol. The first-order chi connectivity index (χ1) is 14.3. The molecule has 0 unspecified atom stereocenters. The summed E-state index contributed by atoms with van der Waals surface area (Å²) in [4.78, 5) is 62.3. The van der Waals surface area contributed by atoms with Gasteiger partial charge in [0, 0.05) is 17.7 Å². The van der Waals surface area contributed by atoms with Crippen LogP contribution in [0.4, 0.5) is 5.69 Å². The number of ether oxygens (including phenoxy) is 1. The fourth-order valence-electron chi connectivity index (χ4n) is 4.00. The Kier molecular flexibility index (Phi) is 6.64. The number of nitrogens with zero attached hydrogens (tertiary/aromatic N) is 1. The van der Waals surface area contributed by atoms with Crippen molar-refractivity contribution in [1.29, 1.82) is 0 Å². The highest BCUT2D eigenvalue weighted by molar-refractivity contribution is 6.08. The lowest BCUT2D eigenvalue weighted by Gasteiger charge is -2.21. The van der Waals surface area contributed by atoms with Gasteiger partial charge >= 0.3 is 5.97 Å². The average Bonchev–Trinajstić information content (AvgIpc) is 3.02. The molecule has 8 nitrogen and oxygen atoms in total. The number of anilines is 1. The number of nitrogens with one attached hydrogen (secondary N) is 1. The van der Waals surface area contributed by atoms with Gasteiger partial charge in [-0.15, -0.1) is 0 Å². The van der Waals surface area contributed by atoms with Gasteiger partial charge in [0.15, 0.2) is 12.4 Å². The van der Waals surface area contributed by atoms with Gasteiger partial charge in [-0.3, -0.25) is 24.1 Å². The molecule has 1 aliphatic heterocycles. The van der Waals surface area contributed by atoms with Gasteiger partial charge in [0.1, 0.15) is 6.04 Å². The van der Waals surface area contributed by atoms with Crippen LogP contribution >= 0.6 is 0 Å². The Morgan fingerprint density at radius 2 is 1.63 bits per heavy atom. The van der Waals surface area contributed by atoms with Gasteiger partial charge in [-0.25, -0.2) is 4.79 Å². The van der Waals surface area contributed by atoms with Crippen LogP contribution in [0.1, 0.15) is 56.3 Å². The fraction of sp³-hybridized carbons (Fsp3) is 0.500. The maximum absolute atomic E-state index is 12.6. The van der Waals surface area contributed by atoms with E-state index < -0.39 is 24.4 Å². The number of rotatable bonds is 7. The lowest BCUT2D eigenvalue weighted by molar-refractivity contribution is -0.157. The van der Waals surface area contributed by atoms with Crippen LogP contribution in [0.25, 0.3) is 0 Å². The summed E-state index contributed by atoms with van der Waals surface area (Å²) in [7, 11) is 0. The van der Waals surface area contributed by atoms with Crippen molar-refractivity contribution in [2.45, 2.75) is 52.0 Å². The van der Waals surface area contributed by atoms with Gasteiger partial charge < -0.3 is 10.1 Å². The molecule has 0 radical (unpaired) electrons. The first-order valence-corrected chi connectivity index (χ1v) is 10.3. The number of carbonyl (C=O) groups excluding carboxylic acids is 5. The number of ketones is 1. The van der Waals surface area contributed by atoms with Gasteiger partial charge in [-0.05, 0) is 44.0 Å². The van der Waals surface area contributed by atoms with Crippen LogP contribution in [-0.4, -0.2) is 47.0 Å². The number of Topliss-reactive ketones (excluding diaryl/α,β-unsaturated/α-hetero) is 1. The molecule has 3 rings (SSSR count). The predicted molar refractivity (Wildman–Crippen MR) is 107 cm³/mol.